The SMILES string of the molecule is CC1Oc2ccc(N)nc2N(CC(=O)Nc2ccccc2C(N)=O)C1=O. The van der Waals surface area contributed by atoms with Crippen LogP contribution in [0, 0.1) is 0 Å². The Bertz CT molecular complexity index is 898. The molecule has 1 aliphatic rings. The van der Waals surface area contributed by atoms with Crippen molar-refractivity contribution in [1.82, 2.24) is 4.98 Å². The van der Waals surface area contributed by atoms with Crippen molar-refractivity contribution in [2.24, 2.45) is 5.73 Å². The lowest BCUT2D eigenvalue weighted by Crippen LogP contribution is -2.48. The zero-order valence-corrected chi connectivity index (χ0v) is 13.9. The van der Waals surface area contributed by atoms with E-state index in [2.05, 4.69) is 10.3 Å². The molecule has 1 aromatic heterocycles. The van der Waals surface area contributed by atoms with E-state index in [1.165, 1.54) is 11.0 Å². The van der Waals surface area contributed by atoms with Crippen molar-refractivity contribution in [1.29, 1.82) is 0 Å². The predicted octanol–water partition coefficient (Wildman–Crippen LogP) is 0.515. The maximum absolute atomic E-state index is 12.4. The minimum atomic E-state index is -0.765. The summed E-state index contributed by atoms with van der Waals surface area (Å²) < 4.78 is 5.48. The van der Waals surface area contributed by atoms with Gasteiger partial charge in [-0.05, 0) is 31.2 Å². The largest absolute Gasteiger partial charge is 0.477 e. The molecule has 134 valence electrons. The first-order chi connectivity index (χ1) is 12.4. The van der Waals surface area contributed by atoms with E-state index in [-0.39, 0.29) is 29.4 Å². The number of ether oxygens (including phenoxy) is 1. The fourth-order valence-electron chi connectivity index (χ4n) is 2.59. The van der Waals surface area contributed by atoms with Gasteiger partial charge in [-0.1, -0.05) is 12.1 Å². The van der Waals surface area contributed by atoms with E-state index in [1.807, 2.05) is 0 Å². The van der Waals surface area contributed by atoms with E-state index in [9.17, 15) is 14.4 Å². The Labute approximate surface area is 148 Å². The highest BCUT2D eigenvalue weighted by Crippen LogP contribution is 2.32. The van der Waals surface area contributed by atoms with E-state index in [4.69, 9.17) is 16.2 Å². The number of carbonyl (C=O) groups is 3. The van der Waals surface area contributed by atoms with Gasteiger partial charge in [0.25, 0.3) is 11.8 Å². The van der Waals surface area contributed by atoms with Gasteiger partial charge in [0.05, 0.1) is 11.3 Å². The zero-order valence-electron chi connectivity index (χ0n) is 13.9. The van der Waals surface area contributed by atoms with Crippen LogP contribution in [-0.2, 0) is 9.59 Å². The fraction of sp³-hybridized carbons (Fsp3) is 0.176. The first-order valence-electron chi connectivity index (χ1n) is 7.80. The molecular formula is C17H17N5O4. The second-order valence-corrected chi connectivity index (χ2v) is 5.70. The summed E-state index contributed by atoms with van der Waals surface area (Å²) in [6.07, 6.45) is -0.765. The molecule has 3 rings (SSSR count). The van der Waals surface area contributed by atoms with Crippen molar-refractivity contribution in [3.8, 4) is 5.75 Å². The molecule has 1 aliphatic heterocycles. The van der Waals surface area contributed by atoms with Gasteiger partial charge in [-0.3, -0.25) is 19.3 Å². The third-order valence-corrected chi connectivity index (χ3v) is 3.80. The van der Waals surface area contributed by atoms with Crippen LogP contribution in [-0.4, -0.2) is 35.4 Å². The standard InChI is InChI=1S/C17H17N5O4/c1-9-17(25)22(16-12(26-9)6-7-13(18)21-16)8-14(23)20-11-5-3-2-4-10(11)15(19)24/h2-7,9H,8H2,1H3,(H2,18,21)(H2,19,24)(H,20,23). The predicted molar refractivity (Wildman–Crippen MR) is 94.7 cm³/mol. The van der Waals surface area contributed by atoms with Gasteiger partial charge >= 0.3 is 0 Å². The van der Waals surface area contributed by atoms with E-state index in [0.717, 1.165) is 0 Å². The number of benzene rings is 1. The summed E-state index contributed by atoms with van der Waals surface area (Å²) in [5.41, 5.74) is 11.4. The minimum Gasteiger partial charge on any atom is -0.477 e. The van der Waals surface area contributed by atoms with Crippen molar-refractivity contribution in [3.63, 3.8) is 0 Å². The molecule has 0 radical (unpaired) electrons. The lowest BCUT2D eigenvalue weighted by atomic mass is 10.1. The van der Waals surface area contributed by atoms with Crippen molar-refractivity contribution < 1.29 is 19.1 Å². The van der Waals surface area contributed by atoms with Gasteiger partial charge in [-0.25, -0.2) is 4.98 Å². The maximum Gasteiger partial charge on any atom is 0.269 e. The van der Waals surface area contributed by atoms with Crippen molar-refractivity contribution in [2.45, 2.75) is 13.0 Å². The molecule has 9 nitrogen and oxygen atoms in total. The number of amides is 3. The van der Waals surface area contributed by atoms with Crippen LogP contribution in [0.5, 0.6) is 5.75 Å². The van der Waals surface area contributed by atoms with Gasteiger partial charge in [0.1, 0.15) is 12.4 Å². The molecule has 0 fully saturated rings. The first-order valence-corrected chi connectivity index (χ1v) is 7.80. The number of nitrogens with one attached hydrogen (secondary N) is 1. The molecule has 2 aromatic rings. The van der Waals surface area contributed by atoms with Crippen LogP contribution in [0.3, 0.4) is 0 Å². The van der Waals surface area contributed by atoms with Gasteiger partial charge in [0.2, 0.25) is 5.91 Å². The van der Waals surface area contributed by atoms with Crippen LogP contribution in [0.15, 0.2) is 36.4 Å². The molecule has 0 saturated carbocycles. The number of carbonyl (C=O) groups excluding carboxylic acids is 3. The van der Waals surface area contributed by atoms with E-state index >= 15 is 0 Å². The number of hydrogen-bond donors (Lipinski definition) is 3. The van der Waals surface area contributed by atoms with Gasteiger partial charge < -0.3 is 21.5 Å². The molecule has 9 heteroatoms. The molecule has 26 heavy (non-hydrogen) atoms. The quantitative estimate of drug-likeness (QED) is 0.730. The molecule has 0 aliphatic carbocycles. The maximum atomic E-state index is 12.4. The average Bonchev–Trinajstić information content (AvgIpc) is 2.60. The van der Waals surface area contributed by atoms with Gasteiger partial charge in [-0.2, -0.15) is 0 Å². The van der Waals surface area contributed by atoms with E-state index in [1.54, 1.807) is 37.3 Å². The van der Waals surface area contributed by atoms with Crippen molar-refractivity contribution >= 4 is 35.0 Å². The number of fused-ring (bicyclic) bond motifs is 1. The first kappa shape index (κ1) is 17.2. The topological polar surface area (TPSA) is 141 Å². The van der Waals surface area contributed by atoms with Crippen LogP contribution in [0.1, 0.15) is 17.3 Å². The molecule has 1 aromatic carbocycles. The smallest absolute Gasteiger partial charge is 0.269 e. The molecule has 1 atom stereocenters. The third kappa shape index (κ3) is 3.27. The van der Waals surface area contributed by atoms with Gasteiger partial charge in [-0.15, -0.1) is 0 Å². The second kappa shape index (κ2) is 6.71. The Morgan fingerprint density at radius 3 is 2.73 bits per heavy atom. The lowest BCUT2D eigenvalue weighted by molar-refractivity contribution is -0.127. The molecule has 2 heterocycles. The number of nitrogens with zero attached hydrogens (tertiary/aromatic N) is 2. The van der Waals surface area contributed by atoms with E-state index in [0.29, 0.717) is 5.75 Å². The van der Waals surface area contributed by atoms with Crippen molar-refractivity contribution in [2.75, 3.05) is 22.5 Å². The summed E-state index contributed by atoms with van der Waals surface area (Å²) in [5, 5.41) is 2.59. The van der Waals surface area contributed by atoms with Crippen LogP contribution >= 0.6 is 0 Å². The Hall–Kier alpha value is -3.62. The Morgan fingerprint density at radius 2 is 2.00 bits per heavy atom. The number of nitrogens with two attached hydrogens (primary N) is 2. The van der Waals surface area contributed by atoms with Crippen LogP contribution in [0.4, 0.5) is 17.3 Å². The molecule has 0 spiro atoms. The monoisotopic (exact) mass is 355 g/mol. The van der Waals surface area contributed by atoms with Crippen molar-refractivity contribution in [3.05, 3.63) is 42.0 Å². The summed E-state index contributed by atoms with van der Waals surface area (Å²) in [6.45, 7) is 1.26. The molecule has 0 saturated heterocycles. The molecule has 3 amide bonds. The number of para-hydroxylation sites is 1. The lowest BCUT2D eigenvalue weighted by Gasteiger charge is -2.31. The average molecular weight is 355 g/mol. The number of hydrogen-bond acceptors (Lipinski definition) is 6. The number of primary amides is 1. The Balaban J connectivity index is 1.84. The molecule has 0 bridgehead atoms. The minimum absolute atomic E-state index is 0.172. The molecular weight excluding hydrogens is 338 g/mol. The summed E-state index contributed by atoms with van der Waals surface area (Å²) in [7, 11) is 0. The zero-order chi connectivity index (χ0) is 18.8. The highest BCUT2D eigenvalue weighted by Gasteiger charge is 2.34. The highest BCUT2D eigenvalue weighted by atomic mass is 16.5. The molecule has 5 N–H and O–H groups in total. The summed E-state index contributed by atoms with van der Waals surface area (Å²) >= 11 is 0. The number of nitrogen functional groups attached to an aromatic ring is 1. The second-order valence-electron chi connectivity index (χ2n) is 5.70. The summed E-state index contributed by atoms with van der Waals surface area (Å²) in [4.78, 5) is 41.6. The summed E-state index contributed by atoms with van der Waals surface area (Å²) in [6, 6.07) is 9.47. The fourth-order valence-corrected chi connectivity index (χ4v) is 2.59. The van der Waals surface area contributed by atoms with Gasteiger partial charge in [0.15, 0.2) is 17.7 Å². The normalized spacial score (nSPS) is 15.8. The number of pyridine rings is 1. The number of aromatic nitrogens is 1. The van der Waals surface area contributed by atoms with Crippen LogP contribution in [0.25, 0.3) is 0 Å². The number of anilines is 3. The molecule has 1 unspecified atom stereocenters. The summed E-state index contributed by atoms with van der Waals surface area (Å²) in [5.74, 6) is -0.885. The van der Waals surface area contributed by atoms with E-state index < -0.39 is 23.8 Å². The third-order valence-electron chi connectivity index (χ3n) is 3.80. The van der Waals surface area contributed by atoms with Gasteiger partial charge in [0, 0.05) is 0 Å². The number of rotatable bonds is 4. The highest BCUT2D eigenvalue weighted by molar-refractivity contribution is 6.08. The van der Waals surface area contributed by atoms with Crippen LogP contribution < -0.4 is 26.4 Å². The Morgan fingerprint density at radius 1 is 1.27 bits per heavy atom. The van der Waals surface area contributed by atoms with Crippen LogP contribution in [0.2, 0.25) is 0 Å². The Kier molecular flexibility index (Phi) is 4.44.